The monoisotopic (exact) mass is 358 g/mol. The van der Waals surface area contributed by atoms with Gasteiger partial charge in [0.2, 0.25) is 0 Å². The number of ether oxygens (including phenoxy) is 1. The van der Waals surface area contributed by atoms with Crippen LogP contribution < -0.4 is 5.32 Å². The van der Waals surface area contributed by atoms with Crippen LogP contribution in [-0.4, -0.2) is 43.3 Å². The second-order valence-corrected chi connectivity index (χ2v) is 7.98. The Morgan fingerprint density at radius 1 is 1.35 bits per heavy atom. The summed E-state index contributed by atoms with van der Waals surface area (Å²) in [4.78, 5) is 3.78. The van der Waals surface area contributed by atoms with Gasteiger partial charge in [0.15, 0.2) is 0 Å². The number of nitrogens with zero attached hydrogens (tertiary/aromatic N) is 1. The average Bonchev–Trinajstić information content (AvgIpc) is 3.00. The van der Waals surface area contributed by atoms with Crippen LogP contribution in [0.15, 0.2) is 15.9 Å². The number of nitrogens with one attached hydrogen (secondary N) is 1. The predicted octanol–water partition coefficient (Wildman–Crippen LogP) is 3.24. The smallest absolute Gasteiger partial charge is 0.0707 e. The van der Waals surface area contributed by atoms with Crippen molar-refractivity contribution in [2.24, 2.45) is 0 Å². The fourth-order valence-corrected chi connectivity index (χ4v) is 4.30. The van der Waals surface area contributed by atoms with Crippen LogP contribution in [0, 0.1) is 0 Å². The Morgan fingerprint density at radius 2 is 2.15 bits per heavy atom. The quantitative estimate of drug-likeness (QED) is 0.809. The van der Waals surface area contributed by atoms with Gasteiger partial charge in [-0.25, -0.2) is 0 Å². The van der Waals surface area contributed by atoms with E-state index < -0.39 is 0 Å². The second kappa shape index (κ2) is 6.88. The molecule has 20 heavy (non-hydrogen) atoms. The van der Waals surface area contributed by atoms with Crippen LogP contribution in [0.5, 0.6) is 0 Å². The first kappa shape index (κ1) is 15.0. The topological polar surface area (TPSA) is 24.5 Å². The maximum absolute atomic E-state index is 6.14. The van der Waals surface area contributed by atoms with Gasteiger partial charge in [-0.15, -0.1) is 11.3 Å². The molecule has 112 valence electrons. The zero-order valence-electron chi connectivity index (χ0n) is 12.0. The van der Waals surface area contributed by atoms with Gasteiger partial charge in [-0.05, 0) is 54.7 Å². The van der Waals surface area contributed by atoms with Gasteiger partial charge < -0.3 is 10.1 Å². The molecule has 0 spiro atoms. The van der Waals surface area contributed by atoms with E-state index in [-0.39, 0.29) is 0 Å². The predicted molar refractivity (Wildman–Crippen MR) is 87.3 cm³/mol. The van der Waals surface area contributed by atoms with Gasteiger partial charge in [0.25, 0.3) is 0 Å². The molecule has 5 heteroatoms. The molecule has 2 fully saturated rings. The summed E-state index contributed by atoms with van der Waals surface area (Å²) in [6, 6.07) is 3.00. The van der Waals surface area contributed by atoms with Crippen molar-refractivity contribution in [3.63, 3.8) is 0 Å². The van der Waals surface area contributed by atoms with Crippen molar-refractivity contribution >= 4 is 27.3 Å². The number of rotatable bonds is 7. The summed E-state index contributed by atoms with van der Waals surface area (Å²) in [7, 11) is 2.19. The summed E-state index contributed by atoms with van der Waals surface area (Å²) in [6.07, 6.45) is 5.97. The fourth-order valence-electron chi connectivity index (χ4n) is 2.77. The minimum absolute atomic E-state index is 0.411. The van der Waals surface area contributed by atoms with Crippen molar-refractivity contribution in [2.45, 2.75) is 50.5 Å². The molecule has 1 aromatic heterocycles. The standard InChI is InChI=1S/C15H23BrN2OS/c1-18(9-15-6-11(16)10-20-15)8-14-5-4-13(19-14)7-17-12-2-3-12/h6,10,12-14,17H,2-5,7-9H2,1H3. The van der Waals surface area contributed by atoms with Crippen LogP contribution >= 0.6 is 27.3 Å². The molecule has 2 heterocycles. The van der Waals surface area contributed by atoms with Crippen molar-refractivity contribution in [3.05, 3.63) is 20.8 Å². The molecule has 1 aromatic rings. The van der Waals surface area contributed by atoms with Gasteiger partial charge in [0.05, 0.1) is 12.2 Å². The van der Waals surface area contributed by atoms with Crippen LogP contribution in [0.3, 0.4) is 0 Å². The van der Waals surface area contributed by atoms with Crippen molar-refractivity contribution in [3.8, 4) is 0 Å². The summed E-state index contributed by atoms with van der Waals surface area (Å²) in [6.45, 7) is 3.10. The Kier molecular flexibility index (Phi) is 5.15. The largest absolute Gasteiger partial charge is 0.372 e. The lowest BCUT2D eigenvalue weighted by Gasteiger charge is -2.21. The van der Waals surface area contributed by atoms with Crippen molar-refractivity contribution in [1.29, 1.82) is 0 Å². The Morgan fingerprint density at radius 3 is 2.85 bits per heavy atom. The summed E-state index contributed by atoms with van der Waals surface area (Å²) in [5.74, 6) is 0. The van der Waals surface area contributed by atoms with E-state index in [1.54, 1.807) is 0 Å². The van der Waals surface area contributed by atoms with Crippen LogP contribution in [0.1, 0.15) is 30.6 Å². The highest BCUT2D eigenvalue weighted by molar-refractivity contribution is 9.10. The van der Waals surface area contributed by atoms with Crippen molar-refractivity contribution in [2.75, 3.05) is 20.1 Å². The summed E-state index contributed by atoms with van der Waals surface area (Å²) in [5, 5.41) is 5.72. The molecular weight excluding hydrogens is 336 g/mol. The Hall–Kier alpha value is 0.0600. The third-order valence-electron chi connectivity index (χ3n) is 3.97. The highest BCUT2D eigenvalue weighted by Crippen LogP contribution is 2.24. The van der Waals surface area contributed by atoms with E-state index in [1.165, 1.54) is 35.0 Å². The van der Waals surface area contributed by atoms with Crippen LogP contribution in [0.25, 0.3) is 0 Å². The van der Waals surface area contributed by atoms with E-state index in [4.69, 9.17) is 4.74 Å². The number of thiophene rings is 1. The van der Waals surface area contributed by atoms with Crippen molar-refractivity contribution < 1.29 is 4.74 Å². The first-order valence-electron chi connectivity index (χ1n) is 7.49. The maximum atomic E-state index is 6.14. The lowest BCUT2D eigenvalue weighted by molar-refractivity contribution is 0.0267. The van der Waals surface area contributed by atoms with Gasteiger partial charge in [-0.2, -0.15) is 0 Å². The van der Waals surface area contributed by atoms with Crippen LogP contribution in [0.2, 0.25) is 0 Å². The van der Waals surface area contributed by atoms with E-state index in [0.29, 0.717) is 12.2 Å². The molecule has 1 saturated carbocycles. The van der Waals surface area contributed by atoms with E-state index in [0.717, 1.165) is 25.7 Å². The molecule has 1 aliphatic carbocycles. The van der Waals surface area contributed by atoms with Gasteiger partial charge in [0, 0.05) is 40.4 Å². The lowest BCUT2D eigenvalue weighted by Crippen LogP contribution is -2.32. The second-order valence-electron chi connectivity index (χ2n) is 6.07. The molecule has 2 atom stereocenters. The molecule has 0 radical (unpaired) electrons. The SMILES string of the molecule is CN(Cc1cc(Br)cs1)CC1CCC(CNC2CC2)O1. The highest BCUT2D eigenvalue weighted by Gasteiger charge is 2.28. The van der Waals surface area contributed by atoms with Crippen LogP contribution in [0.4, 0.5) is 0 Å². The van der Waals surface area contributed by atoms with E-state index >= 15 is 0 Å². The fraction of sp³-hybridized carbons (Fsp3) is 0.733. The molecular formula is C15H23BrN2OS. The lowest BCUT2D eigenvalue weighted by atomic mass is 10.2. The summed E-state index contributed by atoms with van der Waals surface area (Å²) in [5.41, 5.74) is 0. The minimum Gasteiger partial charge on any atom is -0.372 e. The molecule has 2 aliphatic rings. The van der Waals surface area contributed by atoms with Crippen LogP contribution in [-0.2, 0) is 11.3 Å². The van der Waals surface area contributed by atoms with Gasteiger partial charge in [0.1, 0.15) is 0 Å². The Labute approximate surface area is 133 Å². The molecule has 1 saturated heterocycles. The molecule has 0 bridgehead atoms. The average molecular weight is 359 g/mol. The van der Waals surface area contributed by atoms with Gasteiger partial charge >= 0.3 is 0 Å². The number of hydrogen-bond donors (Lipinski definition) is 1. The Bertz CT molecular complexity index is 435. The Balaban J connectivity index is 1.37. The van der Waals surface area contributed by atoms with Gasteiger partial charge in [-0.1, -0.05) is 0 Å². The first-order chi connectivity index (χ1) is 9.69. The third kappa shape index (κ3) is 4.53. The van der Waals surface area contributed by atoms with E-state index in [2.05, 4.69) is 44.6 Å². The summed E-state index contributed by atoms with van der Waals surface area (Å²) >= 11 is 5.33. The minimum atomic E-state index is 0.411. The van der Waals surface area contributed by atoms with E-state index in [1.807, 2.05) is 11.3 Å². The number of halogens is 1. The van der Waals surface area contributed by atoms with Crippen molar-refractivity contribution in [1.82, 2.24) is 10.2 Å². The normalized spacial score (nSPS) is 26.6. The number of hydrogen-bond acceptors (Lipinski definition) is 4. The first-order valence-corrected chi connectivity index (χ1v) is 9.16. The zero-order chi connectivity index (χ0) is 13.9. The molecule has 2 unspecified atom stereocenters. The molecule has 1 N–H and O–H groups in total. The molecule has 0 amide bonds. The molecule has 0 aromatic carbocycles. The third-order valence-corrected chi connectivity index (χ3v) is 5.65. The summed E-state index contributed by atoms with van der Waals surface area (Å²) < 4.78 is 7.33. The molecule has 3 nitrogen and oxygen atoms in total. The van der Waals surface area contributed by atoms with Gasteiger partial charge in [-0.3, -0.25) is 4.90 Å². The molecule has 3 rings (SSSR count). The zero-order valence-corrected chi connectivity index (χ0v) is 14.4. The van der Waals surface area contributed by atoms with E-state index in [9.17, 15) is 0 Å². The maximum Gasteiger partial charge on any atom is 0.0707 e. The highest BCUT2D eigenvalue weighted by atomic mass is 79.9. The molecule has 1 aliphatic heterocycles. The number of likely N-dealkylation sites (N-methyl/N-ethyl adjacent to an activating group) is 1.